The highest BCUT2D eigenvalue weighted by atomic mass is 16.5. The van der Waals surface area contributed by atoms with E-state index in [0.717, 1.165) is 81.7 Å². The van der Waals surface area contributed by atoms with Crippen LogP contribution in [0.4, 0.5) is 11.8 Å². The van der Waals surface area contributed by atoms with Crippen LogP contribution in [0.2, 0.25) is 0 Å². The number of piperazine rings is 1. The number of rotatable bonds is 5. The fraction of sp³-hybridized carbons (Fsp3) is 0.360. The SMILES string of the molecule is C(=C\c1ccccc1)/CN1CCN(c2nc(N3CCOCC3)c3ccccc3n2)CC1. The van der Waals surface area contributed by atoms with Gasteiger partial charge in [0.25, 0.3) is 0 Å². The van der Waals surface area contributed by atoms with Gasteiger partial charge in [0, 0.05) is 51.2 Å². The van der Waals surface area contributed by atoms with Gasteiger partial charge in [-0.3, -0.25) is 4.90 Å². The first-order valence-corrected chi connectivity index (χ1v) is 11.2. The lowest BCUT2D eigenvalue weighted by atomic mass is 10.2. The summed E-state index contributed by atoms with van der Waals surface area (Å²) in [4.78, 5) is 17.1. The fourth-order valence-electron chi connectivity index (χ4n) is 4.24. The number of hydrogen-bond donors (Lipinski definition) is 0. The van der Waals surface area contributed by atoms with Crippen molar-refractivity contribution in [3.8, 4) is 0 Å². The number of fused-ring (bicyclic) bond motifs is 1. The van der Waals surface area contributed by atoms with Gasteiger partial charge in [0.2, 0.25) is 5.95 Å². The molecule has 2 aliphatic rings. The lowest BCUT2D eigenvalue weighted by Gasteiger charge is -2.35. The molecule has 0 saturated carbocycles. The molecule has 0 N–H and O–H groups in total. The summed E-state index contributed by atoms with van der Waals surface area (Å²) >= 11 is 0. The zero-order valence-electron chi connectivity index (χ0n) is 17.9. The van der Waals surface area contributed by atoms with E-state index in [2.05, 4.69) is 81.4 Å². The molecule has 3 heterocycles. The molecule has 0 amide bonds. The summed E-state index contributed by atoms with van der Waals surface area (Å²) in [6, 6.07) is 18.8. The number of anilines is 2. The largest absolute Gasteiger partial charge is 0.378 e. The van der Waals surface area contributed by atoms with E-state index in [1.54, 1.807) is 0 Å². The predicted molar refractivity (Wildman–Crippen MR) is 127 cm³/mol. The Morgan fingerprint density at radius 1 is 0.774 bits per heavy atom. The molecule has 31 heavy (non-hydrogen) atoms. The van der Waals surface area contributed by atoms with Crippen LogP contribution >= 0.6 is 0 Å². The monoisotopic (exact) mass is 415 g/mol. The topological polar surface area (TPSA) is 44.7 Å². The third-order valence-electron chi connectivity index (χ3n) is 6.01. The van der Waals surface area contributed by atoms with Gasteiger partial charge < -0.3 is 14.5 Å². The molecule has 2 aliphatic heterocycles. The summed E-state index contributed by atoms with van der Waals surface area (Å²) in [5.41, 5.74) is 2.27. The Balaban J connectivity index is 1.27. The normalized spacial score (nSPS) is 18.2. The number of morpholine rings is 1. The maximum Gasteiger partial charge on any atom is 0.227 e. The van der Waals surface area contributed by atoms with Crippen molar-refractivity contribution in [1.82, 2.24) is 14.9 Å². The van der Waals surface area contributed by atoms with E-state index in [1.807, 2.05) is 0 Å². The zero-order chi connectivity index (χ0) is 20.9. The molecule has 160 valence electrons. The number of hydrogen-bond acceptors (Lipinski definition) is 6. The number of para-hydroxylation sites is 1. The van der Waals surface area contributed by atoms with Crippen LogP contribution in [0.15, 0.2) is 60.7 Å². The van der Waals surface area contributed by atoms with Crippen molar-refractivity contribution in [1.29, 1.82) is 0 Å². The molecule has 0 bridgehead atoms. The molecule has 2 saturated heterocycles. The van der Waals surface area contributed by atoms with Gasteiger partial charge in [-0.1, -0.05) is 54.6 Å². The second kappa shape index (κ2) is 9.45. The Morgan fingerprint density at radius 2 is 1.52 bits per heavy atom. The molecule has 3 aromatic rings. The van der Waals surface area contributed by atoms with Crippen molar-refractivity contribution in [3.63, 3.8) is 0 Å². The third-order valence-corrected chi connectivity index (χ3v) is 6.01. The van der Waals surface area contributed by atoms with Gasteiger partial charge in [0.15, 0.2) is 0 Å². The highest BCUT2D eigenvalue weighted by Crippen LogP contribution is 2.27. The maximum absolute atomic E-state index is 5.55. The first-order valence-electron chi connectivity index (χ1n) is 11.2. The molecular weight excluding hydrogens is 386 g/mol. The van der Waals surface area contributed by atoms with Crippen LogP contribution in [-0.2, 0) is 4.74 Å². The summed E-state index contributed by atoms with van der Waals surface area (Å²) in [5.74, 6) is 1.89. The van der Waals surface area contributed by atoms with E-state index < -0.39 is 0 Å². The zero-order valence-corrected chi connectivity index (χ0v) is 17.9. The Morgan fingerprint density at radius 3 is 2.32 bits per heavy atom. The van der Waals surface area contributed by atoms with Gasteiger partial charge in [0.05, 0.1) is 18.7 Å². The molecule has 0 aliphatic carbocycles. The van der Waals surface area contributed by atoms with Gasteiger partial charge in [-0.25, -0.2) is 4.98 Å². The summed E-state index contributed by atoms with van der Waals surface area (Å²) < 4.78 is 5.55. The summed E-state index contributed by atoms with van der Waals surface area (Å²) in [6.45, 7) is 8.15. The van der Waals surface area contributed by atoms with Gasteiger partial charge in [-0.05, 0) is 17.7 Å². The van der Waals surface area contributed by atoms with E-state index >= 15 is 0 Å². The molecule has 0 atom stereocenters. The first-order chi connectivity index (χ1) is 15.4. The summed E-state index contributed by atoms with van der Waals surface area (Å²) in [7, 11) is 0. The van der Waals surface area contributed by atoms with E-state index in [9.17, 15) is 0 Å². The number of benzene rings is 2. The Labute approximate surface area is 183 Å². The molecule has 1 aromatic heterocycles. The van der Waals surface area contributed by atoms with Crippen molar-refractivity contribution in [3.05, 3.63) is 66.2 Å². The minimum absolute atomic E-state index is 0.753. The third kappa shape index (κ3) is 4.70. The number of aromatic nitrogens is 2. The van der Waals surface area contributed by atoms with Gasteiger partial charge in [0.1, 0.15) is 5.82 Å². The second-order valence-electron chi connectivity index (χ2n) is 8.06. The van der Waals surface area contributed by atoms with Crippen molar-refractivity contribution in [2.75, 3.05) is 68.8 Å². The van der Waals surface area contributed by atoms with Crippen molar-refractivity contribution >= 4 is 28.7 Å². The van der Waals surface area contributed by atoms with Crippen LogP contribution in [0.1, 0.15) is 5.56 Å². The minimum Gasteiger partial charge on any atom is -0.378 e. The van der Waals surface area contributed by atoms with Crippen LogP contribution in [-0.4, -0.2) is 73.9 Å². The molecular formula is C25H29N5O. The van der Waals surface area contributed by atoms with Crippen LogP contribution in [0.3, 0.4) is 0 Å². The molecule has 6 nitrogen and oxygen atoms in total. The first kappa shape index (κ1) is 20.0. The lowest BCUT2D eigenvalue weighted by Crippen LogP contribution is -2.47. The fourth-order valence-corrected chi connectivity index (χ4v) is 4.24. The molecule has 6 heteroatoms. The molecule has 2 fully saturated rings. The van der Waals surface area contributed by atoms with Gasteiger partial charge >= 0.3 is 0 Å². The highest BCUT2D eigenvalue weighted by molar-refractivity contribution is 5.90. The maximum atomic E-state index is 5.55. The van der Waals surface area contributed by atoms with Gasteiger partial charge in [-0.15, -0.1) is 0 Å². The average Bonchev–Trinajstić information content (AvgIpc) is 2.85. The predicted octanol–water partition coefficient (Wildman–Crippen LogP) is 3.30. The Kier molecular flexibility index (Phi) is 6.09. The molecule has 0 radical (unpaired) electrons. The lowest BCUT2D eigenvalue weighted by molar-refractivity contribution is 0.122. The van der Waals surface area contributed by atoms with Crippen molar-refractivity contribution in [2.45, 2.75) is 0 Å². The van der Waals surface area contributed by atoms with Crippen molar-refractivity contribution < 1.29 is 4.74 Å². The molecule has 5 rings (SSSR count). The van der Waals surface area contributed by atoms with Gasteiger partial charge in [-0.2, -0.15) is 4.98 Å². The molecule has 2 aromatic carbocycles. The minimum atomic E-state index is 0.753. The summed E-state index contributed by atoms with van der Waals surface area (Å²) in [5, 5.41) is 1.12. The van der Waals surface area contributed by atoms with E-state index in [-0.39, 0.29) is 0 Å². The van der Waals surface area contributed by atoms with Crippen molar-refractivity contribution in [2.24, 2.45) is 0 Å². The van der Waals surface area contributed by atoms with E-state index in [0.29, 0.717) is 0 Å². The average molecular weight is 416 g/mol. The Bertz CT molecular complexity index is 1020. The van der Waals surface area contributed by atoms with Crippen LogP contribution in [0.5, 0.6) is 0 Å². The van der Waals surface area contributed by atoms with E-state index in [4.69, 9.17) is 14.7 Å². The quantitative estimate of drug-likeness (QED) is 0.637. The summed E-state index contributed by atoms with van der Waals surface area (Å²) in [6.07, 6.45) is 4.46. The smallest absolute Gasteiger partial charge is 0.227 e. The number of ether oxygens (including phenoxy) is 1. The molecule has 0 unspecified atom stereocenters. The standard InChI is InChI=1S/C25H29N5O/c1-2-7-21(8-3-1)9-6-12-28-13-15-30(16-14-28)25-26-23-11-5-4-10-22(23)24(27-25)29-17-19-31-20-18-29/h1-11H,12-20H2/b9-6+. The van der Waals surface area contributed by atoms with Crippen LogP contribution < -0.4 is 9.80 Å². The van der Waals surface area contributed by atoms with Crippen LogP contribution in [0, 0.1) is 0 Å². The highest BCUT2D eigenvalue weighted by Gasteiger charge is 2.22. The number of nitrogens with zero attached hydrogens (tertiary/aromatic N) is 5. The molecule has 0 spiro atoms. The van der Waals surface area contributed by atoms with E-state index in [1.165, 1.54) is 5.56 Å². The second-order valence-corrected chi connectivity index (χ2v) is 8.06. The van der Waals surface area contributed by atoms with Crippen LogP contribution in [0.25, 0.3) is 17.0 Å². The Hall–Kier alpha value is -2.96.